The van der Waals surface area contributed by atoms with Gasteiger partial charge < -0.3 is 14.6 Å². The molecule has 0 aliphatic carbocycles. The first-order valence-corrected chi connectivity index (χ1v) is 9.71. The number of imidazole rings is 1. The van der Waals surface area contributed by atoms with Gasteiger partial charge in [0.1, 0.15) is 5.75 Å². The summed E-state index contributed by atoms with van der Waals surface area (Å²) in [5, 5.41) is 0. The number of H-pyrrole nitrogens is 1. The minimum atomic E-state index is -2.70. The molecule has 2 heterocycles. The maximum absolute atomic E-state index is 12.8. The second-order valence-electron chi connectivity index (χ2n) is 7.31. The molecule has 0 radical (unpaired) electrons. The van der Waals surface area contributed by atoms with Crippen molar-refractivity contribution >= 4 is 22.7 Å². The molecule has 1 aliphatic rings. The summed E-state index contributed by atoms with van der Waals surface area (Å²) in [6.45, 7) is 0.934. The number of ether oxygens (including phenoxy) is 1. The zero-order valence-corrected chi connectivity index (χ0v) is 16.4. The lowest BCUT2D eigenvalue weighted by Crippen LogP contribution is -2.40. The van der Waals surface area contributed by atoms with Gasteiger partial charge in [0.25, 0.3) is 12.3 Å². The average Bonchev–Trinajstić information content (AvgIpc) is 3.22. The second-order valence-corrected chi connectivity index (χ2v) is 7.31. The fraction of sp³-hybridized carbons (Fsp3) is 0.318. The highest BCUT2D eigenvalue weighted by molar-refractivity contribution is 5.99. The van der Waals surface area contributed by atoms with Crippen LogP contribution in [0.3, 0.4) is 0 Å². The van der Waals surface area contributed by atoms with E-state index in [1.165, 1.54) is 0 Å². The Labute approximate surface area is 171 Å². The number of aromatic amines is 1. The van der Waals surface area contributed by atoms with Gasteiger partial charge in [-0.05, 0) is 55.3 Å². The number of rotatable bonds is 5. The van der Waals surface area contributed by atoms with Gasteiger partial charge in [0, 0.05) is 30.1 Å². The van der Waals surface area contributed by atoms with Gasteiger partial charge >= 0.3 is 0 Å². The number of methoxy groups -OCH3 is 1. The predicted octanol–water partition coefficient (Wildman–Crippen LogP) is 4.24. The average molecular weight is 413 g/mol. The number of nitrogens with zero attached hydrogens (tertiary/aromatic N) is 2. The highest BCUT2D eigenvalue weighted by Gasteiger charge is 2.28. The van der Waals surface area contributed by atoms with Gasteiger partial charge in [-0.3, -0.25) is 9.59 Å². The summed E-state index contributed by atoms with van der Waals surface area (Å²) in [6, 6.07) is 11.7. The number of benzene rings is 2. The Balaban J connectivity index is 1.41. The maximum atomic E-state index is 12.8. The van der Waals surface area contributed by atoms with Crippen LogP contribution in [0.15, 0.2) is 42.5 Å². The number of piperidine rings is 1. The quantitative estimate of drug-likeness (QED) is 0.635. The number of hydrogen-bond acceptors (Lipinski definition) is 4. The molecule has 0 bridgehead atoms. The molecule has 1 N–H and O–H groups in total. The fourth-order valence-corrected chi connectivity index (χ4v) is 3.78. The number of likely N-dealkylation sites (tertiary alicyclic amines) is 1. The Morgan fingerprint density at radius 3 is 2.40 bits per heavy atom. The van der Waals surface area contributed by atoms with E-state index in [9.17, 15) is 18.4 Å². The van der Waals surface area contributed by atoms with Crippen LogP contribution in [0.4, 0.5) is 8.78 Å². The Kier molecular flexibility index (Phi) is 5.48. The van der Waals surface area contributed by atoms with Gasteiger partial charge in [-0.15, -0.1) is 0 Å². The molecule has 0 spiro atoms. The normalized spacial score (nSPS) is 15.0. The van der Waals surface area contributed by atoms with Crippen LogP contribution in [0.5, 0.6) is 5.75 Å². The van der Waals surface area contributed by atoms with Gasteiger partial charge in [-0.2, -0.15) is 0 Å². The molecule has 1 aromatic heterocycles. The van der Waals surface area contributed by atoms with Crippen molar-refractivity contribution in [2.45, 2.75) is 19.3 Å². The highest BCUT2D eigenvalue weighted by atomic mass is 19.3. The van der Waals surface area contributed by atoms with Crippen LogP contribution in [-0.4, -0.2) is 46.8 Å². The molecule has 4 rings (SSSR count). The fourth-order valence-electron chi connectivity index (χ4n) is 3.78. The summed E-state index contributed by atoms with van der Waals surface area (Å²) < 4.78 is 30.7. The van der Waals surface area contributed by atoms with Crippen molar-refractivity contribution in [3.8, 4) is 5.75 Å². The molecule has 30 heavy (non-hydrogen) atoms. The third kappa shape index (κ3) is 3.90. The summed E-state index contributed by atoms with van der Waals surface area (Å²) >= 11 is 0. The van der Waals surface area contributed by atoms with Crippen molar-refractivity contribution in [1.29, 1.82) is 0 Å². The van der Waals surface area contributed by atoms with Crippen LogP contribution in [0, 0.1) is 5.92 Å². The number of nitrogens with one attached hydrogen (secondary N) is 1. The van der Waals surface area contributed by atoms with Crippen LogP contribution in [0.1, 0.15) is 45.8 Å². The van der Waals surface area contributed by atoms with E-state index in [2.05, 4.69) is 9.97 Å². The van der Waals surface area contributed by atoms with Crippen LogP contribution in [-0.2, 0) is 0 Å². The first-order valence-electron chi connectivity index (χ1n) is 9.71. The number of alkyl halides is 2. The number of ketones is 1. The van der Waals surface area contributed by atoms with Gasteiger partial charge in [-0.25, -0.2) is 13.8 Å². The van der Waals surface area contributed by atoms with Crippen molar-refractivity contribution in [2.24, 2.45) is 5.92 Å². The molecule has 156 valence electrons. The number of aromatic nitrogens is 2. The lowest BCUT2D eigenvalue weighted by molar-refractivity contribution is 0.0650. The number of carbonyl (C=O) groups excluding carboxylic acids is 2. The number of amides is 1. The molecule has 1 amide bonds. The molecule has 1 aliphatic heterocycles. The molecule has 6 nitrogen and oxygen atoms in total. The van der Waals surface area contributed by atoms with Crippen LogP contribution in [0.25, 0.3) is 11.0 Å². The van der Waals surface area contributed by atoms with E-state index in [0.717, 1.165) is 0 Å². The first-order chi connectivity index (χ1) is 14.5. The van der Waals surface area contributed by atoms with E-state index in [0.29, 0.717) is 53.8 Å². The number of carbonyl (C=O) groups is 2. The predicted molar refractivity (Wildman–Crippen MR) is 107 cm³/mol. The molecular weight excluding hydrogens is 392 g/mol. The molecular formula is C22H21F2N3O3. The van der Waals surface area contributed by atoms with Gasteiger partial charge in [0.05, 0.1) is 18.1 Å². The van der Waals surface area contributed by atoms with E-state index in [1.807, 2.05) is 0 Å². The van der Waals surface area contributed by atoms with Crippen molar-refractivity contribution in [3.63, 3.8) is 0 Å². The number of halogens is 2. The van der Waals surface area contributed by atoms with Gasteiger partial charge in [0.2, 0.25) is 0 Å². The Morgan fingerprint density at radius 1 is 1.10 bits per heavy atom. The number of fused-ring (bicyclic) bond motifs is 1. The van der Waals surface area contributed by atoms with Gasteiger partial charge in [-0.1, -0.05) is 0 Å². The monoisotopic (exact) mass is 413 g/mol. The molecule has 1 saturated heterocycles. The zero-order chi connectivity index (χ0) is 21.3. The third-order valence-electron chi connectivity index (χ3n) is 5.48. The number of Topliss-reactive ketones (excluding diaryl/α,β-unsaturated/α-hetero) is 1. The topological polar surface area (TPSA) is 75.3 Å². The first kappa shape index (κ1) is 20.0. The van der Waals surface area contributed by atoms with Crippen molar-refractivity contribution in [2.75, 3.05) is 20.2 Å². The molecule has 0 unspecified atom stereocenters. The van der Waals surface area contributed by atoms with E-state index < -0.39 is 12.2 Å². The summed E-state index contributed by atoms with van der Waals surface area (Å²) in [7, 11) is 1.57. The minimum absolute atomic E-state index is 0.0724. The van der Waals surface area contributed by atoms with Gasteiger partial charge in [0.15, 0.2) is 11.6 Å². The molecule has 2 aromatic carbocycles. The summed E-state index contributed by atoms with van der Waals surface area (Å²) in [5.74, 6) is 0.0454. The zero-order valence-electron chi connectivity index (χ0n) is 16.4. The molecule has 3 aromatic rings. The highest BCUT2D eigenvalue weighted by Crippen LogP contribution is 2.25. The minimum Gasteiger partial charge on any atom is -0.497 e. The summed E-state index contributed by atoms with van der Waals surface area (Å²) in [5.41, 5.74) is 1.85. The lowest BCUT2D eigenvalue weighted by atomic mass is 9.88. The Morgan fingerprint density at radius 2 is 1.77 bits per heavy atom. The summed E-state index contributed by atoms with van der Waals surface area (Å²) in [4.78, 5) is 33.7. The number of hydrogen-bond donors (Lipinski definition) is 1. The van der Waals surface area contributed by atoms with Crippen LogP contribution < -0.4 is 4.74 Å². The third-order valence-corrected chi connectivity index (χ3v) is 5.48. The lowest BCUT2D eigenvalue weighted by Gasteiger charge is -2.31. The molecule has 8 heteroatoms. The Bertz CT molecular complexity index is 1070. The van der Waals surface area contributed by atoms with E-state index in [-0.39, 0.29) is 17.6 Å². The Hall–Kier alpha value is -3.29. The standard InChI is InChI=1S/C22H21F2N3O3/c1-30-16-5-2-13(3-6-16)19(28)14-8-10-27(11-9-14)22(29)15-4-7-17-18(12-15)26-21(25-17)20(23)24/h2-7,12,14,20H,8-11H2,1H3,(H,25,26). The molecule has 0 atom stereocenters. The molecule has 1 fully saturated rings. The van der Waals surface area contributed by atoms with Crippen molar-refractivity contribution in [3.05, 3.63) is 59.4 Å². The maximum Gasteiger partial charge on any atom is 0.295 e. The molecule has 0 saturated carbocycles. The largest absolute Gasteiger partial charge is 0.497 e. The van der Waals surface area contributed by atoms with Crippen molar-refractivity contribution < 1.29 is 23.1 Å². The summed E-state index contributed by atoms with van der Waals surface area (Å²) in [6.07, 6.45) is -1.53. The van der Waals surface area contributed by atoms with Crippen LogP contribution in [0.2, 0.25) is 0 Å². The van der Waals surface area contributed by atoms with Crippen LogP contribution >= 0.6 is 0 Å². The van der Waals surface area contributed by atoms with E-state index >= 15 is 0 Å². The smallest absolute Gasteiger partial charge is 0.295 e. The van der Waals surface area contributed by atoms with Crippen molar-refractivity contribution in [1.82, 2.24) is 14.9 Å². The van der Waals surface area contributed by atoms with E-state index in [4.69, 9.17) is 4.74 Å². The SMILES string of the molecule is COc1ccc(C(=O)C2CCN(C(=O)c3ccc4nc(C(F)F)[nH]c4c3)CC2)cc1. The van der Waals surface area contributed by atoms with E-state index in [1.54, 1.807) is 54.5 Å². The second kappa shape index (κ2) is 8.22.